The van der Waals surface area contributed by atoms with E-state index < -0.39 is 6.04 Å². The van der Waals surface area contributed by atoms with Crippen molar-refractivity contribution >= 4 is 23.6 Å². The standard InChI is InChI=1S/C10H13N3O3S/c1-16-10(15)8-4-2-3-5-13(8)9(14)7-6-11-17-12-7/h6,8H,2-5H2,1H3/t8-/m0/s1. The quantitative estimate of drug-likeness (QED) is 0.728. The van der Waals surface area contributed by atoms with Crippen molar-refractivity contribution < 1.29 is 14.3 Å². The summed E-state index contributed by atoms with van der Waals surface area (Å²) in [7, 11) is 1.34. The Hall–Kier alpha value is -1.50. The predicted molar refractivity (Wildman–Crippen MR) is 60.6 cm³/mol. The molecule has 1 aliphatic heterocycles. The van der Waals surface area contributed by atoms with Crippen molar-refractivity contribution in [1.29, 1.82) is 0 Å². The molecule has 0 aromatic carbocycles. The molecule has 1 atom stereocenters. The van der Waals surface area contributed by atoms with Crippen LogP contribution in [0.5, 0.6) is 0 Å². The van der Waals surface area contributed by atoms with Crippen molar-refractivity contribution in [3.63, 3.8) is 0 Å². The number of carbonyl (C=O) groups excluding carboxylic acids is 2. The maximum absolute atomic E-state index is 12.1. The molecule has 0 saturated carbocycles. The molecule has 1 fully saturated rings. The van der Waals surface area contributed by atoms with Crippen LogP contribution in [0.15, 0.2) is 6.20 Å². The molecule has 1 aromatic heterocycles. The number of hydrogen-bond acceptors (Lipinski definition) is 6. The zero-order valence-electron chi connectivity index (χ0n) is 9.46. The number of piperidine rings is 1. The molecule has 7 heteroatoms. The molecule has 2 heterocycles. The molecule has 0 aliphatic carbocycles. The van der Waals surface area contributed by atoms with E-state index in [2.05, 4.69) is 8.75 Å². The molecule has 92 valence electrons. The van der Waals surface area contributed by atoms with Crippen molar-refractivity contribution in [2.75, 3.05) is 13.7 Å². The number of aromatic nitrogens is 2. The predicted octanol–water partition coefficient (Wildman–Crippen LogP) is 0.706. The van der Waals surface area contributed by atoms with Crippen molar-refractivity contribution in [3.05, 3.63) is 11.9 Å². The van der Waals surface area contributed by atoms with Crippen molar-refractivity contribution in [3.8, 4) is 0 Å². The van der Waals surface area contributed by atoms with Crippen LogP contribution in [-0.4, -0.2) is 45.2 Å². The van der Waals surface area contributed by atoms with Gasteiger partial charge in [-0.3, -0.25) is 4.79 Å². The lowest BCUT2D eigenvalue weighted by Gasteiger charge is -2.33. The van der Waals surface area contributed by atoms with Crippen LogP contribution in [0, 0.1) is 0 Å². The monoisotopic (exact) mass is 255 g/mol. The number of methoxy groups -OCH3 is 1. The summed E-state index contributed by atoms with van der Waals surface area (Å²) in [6.45, 7) is 0.566. The minimum Gasteiger partial charge on any atom is -0.467 e. The Kier molecular flexibility index (Phi) is 3.68. The Morgan fingerprint density at radius 1 is 1.53 bits per heavy atom. The maximum atomic E-state index is 12.1. The highest BCUT2D eigenvalue weighted by molar-refractivity contribution is 6.99. The zero-order valence-corrected chi connectivity index (χ0v) is 10.3. The molecule has 6 nitrogen and oxygen atoms in total. The summed E-state index contributed by atoms with van der Waals surface area (Å²) in [6, 6.07) is -0.483. The zero-order chi connectivity index (χ0) is 12.3. The van der Waals surface area contributed by atoms with Crippen molar-refractivity contribution in [1.82, 2.24) is 13.6 Å². The van der Waals surface area contributed by atoms with Crippen molar-refractivity contribution in [2.45, 2.75) is 25.3 Å². The van der Waals surface area contributed by atoms with E-state index >= 15 is 0 Å². The molecule has 17 heavy (non-hydrogen) atoms. The largest absolute Gasteiger partial charge is 0.467 e. The fraction of sp³-hybridized carbons (Fsp3) is 0.600. The van der Waals surface area contributed by atoms with Gasteiger partial charge in [-0.2, -0.15) is 8.75 Å². The smallest absolute Gasteiger partial charge is 0.328 e. The molecule has 0 bridgehead atoms. The van der Waals surface area contributed by atoms with E-state index in [1.54, 1.807) is 0 Å². The first-order valence-electron chi connectivity index (χ1n) is 5.40. The van der Waals surface area contributed by atoms with Crippen LogP contribution in [0.4, 0.5) is 0 Å². The van der Waals surface area contributed by atoms with Crippen molar-refractivity contribution in [2.24, 2.45) is 0 Å². The second-order valence-electron chi connectivity index (χ2n) is 3.83. The lowest BCUT2D eigenvalue weighted by Crippen LogP contribution is -2.48. The van der Waals surface area contributed by atoms with Crippen LogP contribution in [0.2, 0.25) is 0 Å². The minimum atomic E-state index is -0.483. The first-order chi connectivity index (χ1) is 8.24. The number of nitrogens with zero attached hydrogens (tertiary/aromatic N) is 3. The van der Waals surface area contributed by atoms with Gasteiger partial charge in [0, 0.05) is 6.54 Å². The summed E-state index contributed by atoms with van der Waals surface area (Å²) in [5, 5.41) is 0. The van der Waals surface area contributed by atoms with Gasteiger partial charge in [-0.05, 0) is 19.3 Å². The summed E-state index contributed by atoms with van der Waals surface area (Å²) >= 11 is 0.984. The van der Waals surface area contributed by atoms with Gasteiger partial charge in [0.1, 0.15) is 6.04 Å². The average Bonchev–Trinajstić information content (AvgIpc) is 2.91. The highest BCUT2D eigenvalue weighted by Crippen LogP contribution is 2.20. The molecule has 0 N–H and O–H groups in total. The van der Waals surface area contributed by atoms with Gasteiger partial charge in [-0.25, -0.2) is 4.79 Å². The van der Waals surface area contributed by atoms with Gasteiger partial charge in [0.15, 0.2) is 5.69 Å². The Labute approximate surface area is 103 Å². The first-order valence-corrected chi connectivity index (χ1v) is 6.13. The van der Waals surface area contributed by atoms with E-state index in [9.17, 15) is 9.59 Å². The number of likely N-dealkylation sites (tertiary alicyclic amines) is 1. The molecule has 1 saturated heterocycles. The number of esters is 1. The van der Waals surface area contributed by atoms with E-state index in [1.807, 2.05) is 0 Å². The van der Waals surface area contributed by atoms with Gasteiger partial charge < -0.3 is 9.64 Å². The third-order valence-corrected chi connectivity index (χ3v) is 3.30. The number of amides is 1. The Morgan fingerprint density at radius 2 is 2.35 bits per heavy atom. The lowest BCUT2D eigenvalue weighted by atomic mass is 10.0. The molecule has 1 aliphatic rings. The normalized spacial score (nSPS) is 20.1. The highest BCUT2D eigenvalue weighted by Gasteiger charge is 2.34. The van der Waals surface area contributed by atoms with Crippen LogP contribution in [0.3, 0.4) is 0 Å². The Balaban J connectivity index is 2.16. The molecule has 0 radical (unpaired) electrons. The summed E-state index contributed by atoms with van der Waals surface area (Å²) in [5.74, 6) is -0.602. The Morgan fingerprint density at radius 3 is 3.00 bits per heavy atom. The second-order valence-corrected chi connectivity index (χ2v) is 4.38. The number of hydrogen-bond donors (Lipinski definition) is 0. The fourth-order valence-corrected chi connectivity index (χ4v) is 2.37. The van der Waals surface area contributed by atoms with Gasteiger partial charge in [-0.15, -0.1) is 0 Å². The first kappa shape index (κ1) is 12.0. The summed E-state index contributed by atoms with van der Waals surface area (Å²) in [6.07, 6.45) is 3.90. The van der Waals surface area contributed by atoms with E-state index in [0.29, 0.717) is 18.7 Å². The summed E-state index contributed by atoms with van der Waals surface area (Å²) < 4.78 is 12.4. The van der Waals surface area contributed by atoms with Crippen LogP contribution in [-0.2, 0) is 9.53 Å². The van der Waals surface area contributed by atoms with E-state index in [-0.39, 0.29) is 11.9 Å². The van der Waals surface area contributed by atoms with Crippen LogP contribution < -0.4 is 0 Å². The van der Waals surface area contributed by atoms with Crippen LogP contribution in [0.25, 0.3) is 0 Å². The molecule has 1 aromatic rings. The summed E-state index contributed by atoms with van der Waals surface area (Å²) in [4.78, 5) is 25.2. The molecule has 0 unspecified atom stereocenters. The lowest BCUT2D eigenvalue weighted by molar-refractivity contribution is -0.147. The third-order valence-electron chi connectivity index (χ3n) is 2.82. The van der Waals surface area contributed by atoms with E-state index in [0.717, 1.165) is 24.6 Å². The topological polar surface area (TPSA) is 72.4 Å². The second kappa shape index (κ2) is 5.22. The van der Waals surface area contributed by atoms with E-state index in [4.69, 9.17) is 4.74 Å². The summed E-state index contributed by atoms with van der Waals surface area (Å²) in [5.41, 5.74) is 0.297. The van der Waals surface area contributed by atoms with Crippen LogP contribution >= 0.6 is 11.7 Å². The maximum Gasteiger partial charge on any atom is 0.328 e. The number of ether oxygens (including phenoxy) is 1. The molecule has 2 rings (SSSR count). The van der Waals surface area contributed by atoms with Crippen LogP contribution in [0.1, 0.15) is 29.8 Å². The number of carbonyl (C=O) groups is 2. The SMILES string of the molecule is COC(=O)[C@@H]1CCCCN1C(=O)c1cnsn1. The fourth-order valence-electron chi connectivity index (χ4n) is 1.96. The molecule has 1 amide bonds. The van der Waals surface area contributed by atoms with Gasteiger partial charge in [0.05, 0.1) is 25.0 Å². The van der Waals surface area contributed by atoms with Gasteiger partial charge in [0.25, 0.3) is 5.91 Å². The Bertz CT molecular complexity index is 407. The molecular formula is C10H13N3O3S. The molecular weight excluding hydrogens is 242 g/mol. The van der Waals surface area contributed by atoms with Gasteiger partial charge in [-0.1, -0.05) is 0 Å². The van der Waals surface area contributed by atoms with Gasteiger partial charge >= 0.3 is 5.97 Å². The average molecular weight is 255 g/mol. The number of rotatable bonds is 2. The highest BCUT2D eigenvalue weighted by atomic mass is 32.1. The van der Waals surface area contributed by atoms with Gasteiger partial charge in [0.2, 0.25) is 0 Å². The third kappa shape index (κ3) is 2.44. The molecule has 0 spiro atoms. The minimum absolute atomic E-state index is 0.242. The van der Waals surface area contributed by atoms with E-state index in [1.165, 1.54) is 18.2 Å².